The molecule has 1 saturated carbocycles. The minimum atomic E-state index is -0.356. The van der Waals surface area contributed by atoms with Crippen LogP contribution in [0.5, 0.6) is 0 Å². The molecule has 0 aromatic carbocycles. The molecule has 0 spiro atoms. The first-order valence-corrected chi connectivity index (χ1v) is 5.64. The molecule has 1 fully saturated rings. The highest BCUT2D eigenvalue weighted by molar-refractivity contribution is 5.80. The van der Waals surface area contributed by atoms with Gasteiger partial charge in [0.15, 0.2) is 0 Å². The van der Waals surface area contributed by atoms with Crippen molar-refractivity contribution < 1.29 is 4.79 Å². The molecule has 1 atom stereocenters. The monoisotopic (exact) mass is 223 g/mol. The van der Waals surface area contributed by atoms with E-state index in [2.05, 4.69) is 15.4 Å². The van der Waals surface area contributed by atoms with Crippen LogP contribution in [0.1, 0.15) is 38.6 Å². The van der Waals surface area contributed by atoms with Crippen molar-refractivity contribution in [1.82, 2.24) is 20.1 Å². The summed E-state index contributed by atoms with van der Waals surface area (Å²) in [6, 6.07) is -0.0266. The van der Waals surface area contributed by atoms with E-state index in [0.717, 1.165) is 12.8 Å². The first-order valence-electron chi connectivity index (χ1n) is 5.64. The summed E-state index contributed by atoms with van der Waals surface area (Å²) in [5, 5.41) is 6.95. The van der Waals surface area contributed by atoms with Crippen LogP contribution >= 0.6 is 0 Å². The molecule has 2 rings (SSSR count). The number of anilines is 1. The van der Waals surface area contributed by atoms with Gasteiger partial charge < -0.3 is 11.1 Å². The van der Waals surface area contributed by atoms with Gasteiger partial charge in [-0.1, -0.05) is 12.8 Å². The smallest absolute Gasteiger partial charge is 0.244 e. The Hall–Kier alpha value is -1.59. The van der Waals surface area contributed by atoms with Crippen LogP contribution in [0.25, 0.3) is 0 Å². The van der Waals surface area contributed by atoms with E-state index in [1.54, 1.807) is 6.92 Å². The number of aromatic nitrogens is 3. The van der Waals surface area contributed by atoms with Crippen LogP contribution in [-0.4, -0.2) is 26.7 Å². The molecule has 0 saturated heterocycles. The normalized spacial score (nSPS) is 18.6. The molecule has 1 aromatic heterocycles. The van der Waals surface area contributed by atoms with Crippen LogP contribution in [0, 0.1) is 0 Å². The average molecular weight is 223 g/mol. The molecule has 1 heterocycles. The average Bonchev–Trinajstić information content (AvgIpc) is 2.88. The quantitative estimate of drug-likeness (QED) is 0.780. The molecule has 6 heteroatoms. The first kappa shape index (κ1) is 10.9. The van der Waals surface area contributed by atoms with Gasteiger partial charge in [-0.3, -0.25) is 4.79 Å². The second-order valence-corrected chi connectivity index (χ2v) is 4.25. The van der Waals surface area contributed by atoms with Crippen LogP contribution in [0.4, 0.5) is 5.95 Å². The lowest BCUT2D eigenvalue weighted by Gasteiger charge is -2.16. The Morgan fingerprint density at radius 1 is 1.62 bits per heavy atom. The van der Waals surface area contributed by atoms with Crippen LogP contribution < -0.4 is 11.1 Å². The topological polar surface area (TPSA) is 85.8 Å². The van der Waals surface area contributed by atoms with Gasteiger partial charge in [0.1, 0.15) is 12.4 Å². The lowest BCUT2D eigenvalue weighted by molar-refractivity contribution is -0.124. The Balaban J connectivity index is 1.93. The van der Waals surface area contributed by atoms with E-state index in [0.29, 0.717) is 6.04 Å². The molecule has 1 aliphatic rings. The number of carbonyl (C=O) groups excluding carboxylic acids is 1. The van der Waals surface area contributed by atoms with Gasteiger partial charge in [-0.05, 0) is 19.8 Å². The predicted octanol–water partition coefficient (Wildman–Crippen LogP) is 0.480. The molecule has 3 N–H and O–H groups in total. The van der Waals surface area contributed by atoms with Crippen LogP contribution in [0.2, 0.25) is 0 Å². The molecule has 6 nitrogen and oxygen atoms in total. The maximum Gasteiger partial charge on any atom is 0.244 e. The zero-order valence-corrected chi connectivity index (χ0v) is 9.39. The number of nitrogens with one attached hydrogen (secondary N) is 1. The van der Waals surface area contributed by atoms with Gasteiger partial charge in [-0.2, -0.15) is 0 Å². The second-order valence-electron chi connectivity index (χ2n) is 4.25. The fourth-order valence-electron chi connectivity index (χ4n) is 1.99. The Bertz CT molecular complexity index is 369. The van der Waals surface area contributed by atoms with Crippen molar-refractivity contribution in [2.24, 2.45) is 0 Å². The largest absolute Gasteiger partial charge is 0.367 e. The van der Waals surface area contributed by atoms with Crippen molar-refractivity contribution in [3.8, 4) is 0 Å². The summed E-state index contributed by atoms with van der Waals surface area (Å²) in [5.74, 6) is 0.178. The van der Waals surface area contributed by atoms with E-state index in [9.17, 15) is 4.79 Å². The molecule has 1 aromatic rings. The van der Waals surface area contributed by atoms with Crippen molar-refractivity contribution in [3.63, 3.8) is 0 Å². The number of carbonyl (C=O) groups is 1. The van der Waals surface area contributed by atoms with Crippen molar-refractivity contribution in [2.45, 2.75) is 44.7 Å². The molecular formula is C10H17N5O. The molecule has 0 aliphatic heterocycles. The third-order valence-corrected chi connectivity index (χ3v) is 3.00. The fraction of sp³-hybridized carbons (Fsp3) is 0.700. The Morgan fingerprint density at radius 3 is 2.88 bits per heavy atom. The summed E-state index contributed by atoms with van der Waals surface area (Å²) in [6.45, 7) is 1.79. The highest BCUT2D eigenvalue weighted by Crippen LogP contribution is 2.18. The van der Waals surface area contributed by atoms with Crippen LogP contribution in [0.3, 0.4) is 0 Å². The maximum atomic E-state index is 11.9. The molecular weight excluding hydrogens is 206 g/mol. The molecule has 0 bridgehead atoms. The third kappa shape index (κ3) is 2.32. The molecule has 0 radical (unpaired) electrons. The summed E-state index contributed by atoms with van der Waals surface area (Å²) in [7, 11) is 0. The number of nitrogens with zero attached hydrogens (tertiary/aromatic N) is 3. The number of nitrogens with two attached hydrogens (primary N) is 1. The van der Waals surface area contributed by atoms with E-state index < -0.39 is 0 Å². The summed E-state index contributed by atoms with van der Waals surface area (Å²) in [6.07, 6.45) is 6.05. The highest BCUT2D eigenvalue weighted by atomic mass is 16.2. The van der Waals surface area contributed by atoms with Gasteiger partial charge in [-0.25, -0.2) is 9.67 Å². The Kier molecular flexibility index (Phi) is 3.07. The number of amides is 1. The second kappa shape index (κ2) is 4.51. The van der Waals surface area contributed by atoms with E-state index >= 15 is 0 Å². The standard InChI is InChI=1S/C10H17N5O/c1-7(15-6-12-10(11)14-15)9(16)13-8-4-2-3-5-8/h6-8H,2-5H2,1H3,(H2,11,14)(H,13,16). The van der Waals surface area contributed by atoms with Gasteiger partial charge in [0.2, 0.25) is 11.9 Å². The van der Waals surface area contributed by atoms with E-state index in [1.165, 1.54) is 23.9 Å². The van der Waals surface area contributed by atoms with Crippen molar-refractivity contribution in [1.29, 1.82) is 0 Å². The van der Waals surface area contributed by atoms with Crippen molar-refractivity contribution >= 4 is 11.9 Å². The Morgan fingerprint density at radius 2 is 2.31 bits per heavy atom. The highest BCUT2D eigenvalue weighted by Gasteiger charge is 2.22. The van der Waals surface area contributed by atoms with Gasteiger partial charge in [0.05, 0.1) is 0 Å². The Labute approximate surface area is 94.2 Å². The molecule has 16 heavy (non-hydrogen) atoms. The minimum absolute atomic E-state index is 0.0169. The van der Waals surface area contributed by atoms with Gasteiger partial charge >= 0.3 is 0 Å². The molecule has 1 amide bonds. The summed E-state index contributed by atoms with van der Waals surface area (Å²) < 4.78 is 1.49. The fourth-order valence-corrected chi connectivity index (χ4v) is 1.99. The SMILES string of the molecule is CC(C(=O)NC1CCCC1)n1cnc(N)n1. The van der Waals surface area contributed by atoms with Crippen molar-refractivity contribution in [2.75, 3.05) is 5.73 Å². The van der Waals surface area contributed by atoms with Gasteiger partial charge in [0.25, 0.3) is 0 Å². The molecule has 88 valence electrons. The predicted molar refractivity (Wildman–Crippen MR) is 59.5 cm³/mol. The summed E-state index contributed by atoms with van der Waals surface area (Å²) in [5.41, 5.74) is 5.41. The zero-order valence-electron chi connectivity index (χ0n) is 9.39. The number of rotatable bonds is 3. The van der Waals surface area contributed by atoms with Crippen molar-refractivity contribution in [3.05, 3.63) is 6.33 Å². The van der Waals surface area contributed by atoms with Gasteiger partial charge in [-0.15, -0.1) is 5.10 Å². The first-order chi connectivity index (χ1) is 7.66. The maximum absolute atomic E-state index is 11.9. The number of nitrogen functional groups attached to an aromatic ring is 1. The third-order valence-electron chi connectivity index (χ3n) is 3.00. The minimum Gasteiger partial charge on any atom is -0.367 e. The van der Waals surface area contributed by atoms with E-state index in [4.69, 9.17) is 5.73 Å². The van der Waals surface area contributed by atoms with E-state index in [1.807, 2.05) is 0 Å². The van der Waals surface area contributed by atoms with Gasteiger partial charge in [0, 0.05) is 6.04 Å². The van der Waals surface area contributed by atoms with Crippen LogP contribution in [0.15, 0.2) is 6.33 Å². The summed E-state index contributed by atoms with van der Waals surface area (Å²) >= 11 is 0. The molecule has 1 aliphatic carbocycles. The lowest BCUT2D eigenvalue weighted by atomic mass is 10.2. The van der Waals surface area contributed by atoms with E-state index in [-0.39, 0.29) is 17.9 Å². The molecule has 1 unspecified atom stereocenters. The zero-order chi connectivity index (χ0) is 11.5. The number of hydrogen-bond donors (Lipinski definition) is 2. The summed E-state index contributed by atoms with van der Waals surface area (Å²) in [4.78, 5) is 15.7. The number of hydrogen-bond acceptors (Lipinski definition) is 4. The van der Waals surface area contributed by atoms with Crippen LogP contribution in [-0.2, 0) is 4.79 Å². The lowest BCUT2D eigenvalue weighted by Crippen LogP contribution is -2.37.